The number of anilines is 1. The van der Waals surface area contributed by atoms with Crippen LogP contribution in [0.1, 0.15) is 34.5 Å². The van der Waals surface area contributed by atoms with Crippen molar-refractivity contribution in [3.05, 3.63) is 46.5 Å². The zero-order valence-corrected chi connectivity index (χ0v) is 13.7. The van der Waals surface area contributed by atoms with E-state index in [1.807, 2.05) is 31.2 Å². The highest BCUT2D eigenvalue weighted by molar-refractivity contribution is 7.13. The summed E-state index contributed by atoms with van der Waals surface area (Å²) in [5.74, 6) is -0.0151. The van der Waals surface area contributed by atoms with Gasteiger partial charge < -0.3 is 10.2 Å². The predicted octanol–water partition coefficient (Wildman–Crippen LogP) is 3.02. The van der Waals surface area contributed by atoms with Gasteiger partial charge in [-0.2, -0.15) is 0 Å². The predicted molar refractivity (Wildman–Crippen MR) is 90.8 cm³/mol. The normalized spacial score (nSPS) is 14.3. The lowest BCUT2D eigenvalue weighted by Gasteiger charge is -2.12. The van der Waals surface area contributed by atoms with Gasteiger partial charge in [0.2, 0.25) is 0 Å². The van der Waals surface area contributed by atoms with Crippen LogP contribution in [0.5, 0.6) is 0 Å². The number of carbonyl (C=O) groups is 1. The lowest BCUT2D eigenvalue weighted by molar-refractivity contribution is 0.0954. The minimum Gasteiger partial charge on any atom is -0.352 e. The zero-order chi connectivity index (χ0) is 15.4. The Balaban J connectivity index is 1.49. The van der Waals surface area contributed by atoms with Crippen molar-refractivity contribution in [2.24, 2.45) is 0 Å². The Morgan fingerprint density at radius 2 is 2.18 bits per heavy atom. The summed E-state index contributed by atoms with van der Waals surface area (Å²) in [6.07, 6.45) is 3.31. The average Bonchev–Trinajstić information content (AvgIpc) is 3.18. The third-order valence-corrected chi connectivity index (χ3v) is 4.81. The first-order valence-corrected chi connectivity index (χ1v) is 8.64. The van der Waals surface area contributed by atoms with Crippen LogP contribution in [0, 0.1) is 6.92 Å². The highest BCUT2D eigenvalue weighted by Gasteiger charge is 2.15. The molecule has 2 aromatic rings. The number of aromatic nitrogens is 1. The summed E-state index contributed by atoms with van der Waals surface area (Å²) in [7, 11) is 0. The number of hydrogen-bond acceptors (Lipinski definition) is 4. The van der Waals surface area contributed by atoms with Crippen molar-refractivity contribution in [1.82, 2.24) is 10.3 Å². The fourth-order valence-electron chi connectivity index (χ4n) is 2.66. The Morgan fingerprint density at radius 1 is 1.36 bits per heavy atom. The number of carbonyl (C=O) groups excluding carboxylic acids is 1. The quantitative estimate of drug-likeness (QED) is 0.922. The fraction of sp³-hybridized carbons (Fsp3) is 0.412. The van der Waals surface area contributed by atoms with E-state index in [1.165, 1.54) is 12.8 Å². The van der Waals surface area contributed by atoms with Gasteiger partial charge in [-0.05, 0) is 31.9 Å². The maximum Gasteiger partial charge on any atom is 0.251 e. The van der Waals surface area contributed by atoms with Gasteiger partial charge in [0, 0.05) is 37.0 Å². The molecule has 3 rings (SSSR count). The van der Waals surface area contributed by atoms with Crippen LogP contribution in [-0.4, -0.2) is 30.5 Å². The summed E-state index contributed by atoms with van der Waals surface area (Å²) < 4.78 is 0. The number of rotatable bonds is 5. The molecule has 0 atom stereocenters. The molecule has 0 aliphatic carbocycles. The van der Waals surface area contributed by atoms with Crippen LogP contribution in [0.3, 0.4) is 0 Å². The molecule has 1 N–H and O–H groups in total. The lowest BCUT2D eigenvalue weighted by Crippen LogP contribution is -2.25. The van der Waals surface area contributed by atoms with Gasteiger partial charge in [0.15, 0.2) is 5.13 Å². The fourth-order valence-corrected chi connectivity index (χ4v) is 3.57. The molecule has 1 aromatic carbocycles. The molecule has 2 heterocycles. The van der Waals surface area contributed by atoms with E-state index < -0.39 is 0 Å². The molecule has 4 nitrogen and oxygen atoms in total. The summed E-state index contributed by atoms with van der Waals surface area (Å²) in [6.45, 7) is 4.86. The van der Waals surface area contributed by atoms with Gasteiger partial charge in [0.05, 0.1) is 5.69 Å². The SMILES string of the molecule is Cc1cccc(C(=O)NCCc2csc(N3CCCC3)n2)c1. The first kappa shape index (κ1) is 15.0. The Labute approximate surface area is 135 Å². The zero-order valence-electron chi connectivity index (χ0n) is 12.8. The first-order valence-electron chi connectivity index (χ1n) is 7.76. The summed E-state index contributed by atoms with van der Waals surface area (Å²) in [6, 6.07) is 7.65. The largest absolute Gasteiger partial charge is 0.352 e. The van der Waals surface area contributed by atoms with Crippen molar-refractivity contribution in [3.8, 4) is 0 Å². The highest BCUT2D eigenvalue weighted by atomic mass is 32.1. The maximum absolute atomic E-state index is 12.1. The van der Waals surface area contributed by atoms with Crippen molar-refractivity contribution in [3.63, 3.8) is 0 Å². The van der Waals surface area contributed by atoms with Gasteiger partial charge in [0.25, 0.3) is 5.91 Å². The molecule has 0 radical (unpaired) electrons. The van der Waals surface area contributed by atoms with E-state index in [2.05, 4.69) is 20.6 Å². The minimum absolute atomic E-state index is 0.0151. The van der Waals surface area contributed by atoms with Crippen LogP contribution >= 0.6 is 11.3 Å². The van der Waals surface area contributed by atoms with Crippen LogP contribution in [0.15, 0.2) is 29.6 Å². The van der Waals surface area contributed by atoms with Crippen LogP contribution in [0.2, 0.25) is 0 Å². The molecule has 1 saturated heterocycles. The minimum atomic E-state index is -0.0151. The molecule has 0 bridgehead atoms. The van der Waals surface area contributed by atoms with Crippen LogP contribution < -0.4 is 10.2 Å². The summed E-state index contributed by atoms with van der Waals surface area (Å²) in [5.41, 5.74) is 2.88. The Hall–Kier alpha value is -1.88. The van der Waals surface area contributed by atoms with Gasteiger partial charge in [-0.25, -0.2) is 4.98 Å². The van der Waals surface area contributed by atoms with Crippen LogP contribution in [0.4, 0.5) is 5.13 Å². The average molecular weight is 315 g/mol. The molecule has 0 spiro atoms. The molecule has 5 heteroatoms. The number of nitrogens with one attached hydrogen (secondary N) is 1. The molecule has 1 fully saturated rings. The van der Waals surface area contributed by atoms with E-state index in [1.54, 1.807) is 11.3 Å². The monoisotopic (exact) mass is 315 g/mol. The van der Waals surface area contributed by atoms with Gasteiger partial charge >= 0.3 is 0 Å². The summed E-state index contributed by atoms with van der Waals surface area (Å²) in [4.78, 5) is 19.1. The number of nitrogens with zero attached hydrogens (tertiary/aromatic N) is 2. The van der Waals surface area contributed by atoms with Gasteiger partial charge in [-0.3, -0.25) is 4.79 Å². The third-order valence-electron chi connectivity index (χ3n) is 3.86. The molecule has 1 amide bonds. The third kappa shape index (κ3) is 3.65. The second-order valence-electron chi connectivity index (χ2n) is 5.69. The van der Waals surface area contributed by atoms with E-state index >= 15 is 0 Å². The van der Waals surface area contributed by atoms with Crippen molar-refractivity contribution >= 4 is 22.4 Å². The molecule has 1 aliphatic heterocycles. The van der Waals surface area contributed by atoms with E-state index in [0.717, 1.165) is 41.5 Å². The molecule has 0 unspecified atom stereocenters. The van der Waals surface area contributed by atoms with Crippen molar-refractivity contribution in [2.75, 3.05) is 24.5 Å². The van der Waals surface area contributed by atoms with Gasteiger partial charge in [-0.15, -0.1) is 11.3 Å². The Morgan fingerprint density at radius 3 is 2.95 bits per heavy atom. The van der Waals surface area contributed by atoms with Crippen LogP contribution in [0.25, 0.3) is 0 Å². The molecule has 22 heavy (non-hydrogen) atoms. The summed E-state index contributed by atoms with van der Waals surface area (Å²) in [5, 5.41) is 6.19. The van der Waals surface area contributed by atoms with Crippen molar-refractivity contribution in [1.29, 1.82) is 0 Å². The number of thiazole rings is 1. The van der Waals surface area contributed by atoms with Crippen molar-refractivity contribution < 1.29 is 4.79 Å². The first-order chi connectivity index (χ1) is 10.7. The second kappa shape index (κ2) is 6.92. The highest BCUT2D eigenvalue weighted by Crippen LogP contribution is 2.24. The van der Waals surface area contributed by atoms with Gasteiger partial charge in [-0.1, -0.05) is 17.7 Å². The number of aryl methyl sites for hydroxylation is 1. The van der Waals surface area contributed by atoms with Crippen LogP contribution in [-0.2, 0) is 6.42 Å². The molecule has 1 aliphatic rings. The Kier molecular flexibility index (Phi) is 4.73. The maximum atomic E-state index is 12.1. The Bertz CT molecular complexity index is 647. The standard InChI is InChI=1S/C17H21N3OS/c1-13-5-4-6-14(11-13)16(21)18-8-7-15-12-22-17(19-15)20-9-2-3-10-20/h4-6,11-12H,2-3,7-10H2,1H3,(H,18,21). The number of amides is 1. The topological polar surface area (TPSA) is 45.2 Å². The molecule has 116 valence electrons. The molecule has 1 aromatic heterocycles. The lowest BCUT2D eigenvalue weighted by atomic mass is 10.1. The molecular formula is C17H21N3OS. The van der Waals surface area contributed by atoms with E-state index in [4.69, 9.17) is 0 Å². The second-order valence-corrected chi connectivity index (χ2v) is 6.53. The number of benzene rings is 1. The summed E-state index contributed by atoms with van der Waals surface area (Å²) >= 11 is 1.71. The van der Waals surface area contributed by atoms with Gasteiger partial charge in [0.1, 0.15) is 0 Å². The van der Waals surface area contributed by atoms with E-state index in [9.17, 15) is 4.79 Å². The van der Waals surface area contributed by atoms with E-state index in [-0.39, 0.29) is 5.91 Å². The van der Waals surface area contributed by atoms with Crippen molar-refractivity contribution in [2.45, 2.75) is 26.2 Å². The molecular weight excluding hydrogens is 294 g/mol. The smallest absolute Gasteiger partial charge is 0.251 e. The van der Waals surface area contributed by atoms with E-state index in [0.29, 0.717) is 6.54 Å². The molecule has 0 saturated carbocycles. The number of hydrogen-bond donors (Lipinski definition) is 1.